The zero-order chi connectivity index (χ0) is 12.4. The van der Waals surface area contributed by atoms with Gasteiger partial charge >= 0.3 is 5.97 Å². The SMILES string of the molecule is Cc1cn(Cc2ccc(C(=O)O)cc2)c(C)n1. The number of aryl methyl sites for hydroxylation is 2. The van der Waals surface area contributed by atoms with Gasteiger partial charge in [-0.2, -0.15) is 0 Å². The van der Waals surface area contributed by atoms with Crippen LogP contribution < -0.4 is 0 Å². The Labute approximate surface area is 99.5 Å². The molecular weight excluding hydrogens is 216 g/mol. The Morgan fingerprint density at radius 1 is 1.29 bits per heavy atom. The van der Waals surface area contributed by atoms with E-state index < -0.39 is 5.97 Å². The van der Waals surface area contributed by atoms with Gasteiger partial charge in [-0.1, -0.05) is 12.1 Å². The predicted molar refractivity (Wildman–Crippen MR) is 64.2 cm³/mol. The monoisotopic (exact) mass is 230 g/mol. The maximum Gasteiger partial charge on any atom is 0.335 e. The predicted octanol–water partition coefficient (Wildman–Crippen LogP) is 2.25. The summed E-state index contributed by atoms with van der Waals surface area (Å²) in [6.07, 6.45) is 1.99. The van der Waals surface area contributed by atoms with Gasteiger partial charge in [0.1, 0.15) is 5.82 Å². The van der Waals surface area contributed by atoms with E-state index in [-0.39, 0.29) is 0 Å². The number of rotatable bonds is 3. The van der Waals surface area contributed by atoms with Crippen molar-refractivity contribution in [2.75, 3.05) is 0 Å². The van der Waals surface area contributed by atoms with Crippen molar-refractivity contribution in [3.8, 4) is 0 Å². The normalized spacial score (nSPS) is 10.5. The molecule has 0 saturated heterocycles. The highest BCUT2D eigenvalue weighted by atomic mass is 16.4. The van der Waals surface area contributed by atoms with Crippen LogP contribution in [0.5, 0.6) is 0 Å². The fourth-order valence-electron chi connectivity index (χ4n) is 1.78. The van der Waals surface area contributed by atoms with Crippen molar-refractivity contribution in [1.82, 2.24) is 9.55 Å². The van der Waals surface area contributed by atoms with Crippen LogP contribution in [0.25, 0.3) is 0 Å². The molecule has 0 aliphatic rings. The molecule has 0 fully saturated rings. The Hall–Kier alpha value is -2.10. The zero-order valence-electron chi connectivity index (χ0n) is 9.84. The van der Waals surface area contributed by atoms with Gasteiger partial charge < -0.3 is 9.67 Å². The number of benzene rings is 1. The number of hydrogen-bond acceptors (Lipinski definition) is 2. The Morgan fingerprint density at radius 3 is 2.41 bits per heavy atom. The zero-order valence-corrected chi connectivity index (χ0v) is 9.84. The van der Waals surface area contributed by atoms with Crippen LogP contribution in [0.4, 0.5) is 0 Å². The van der Waals surface area contributed by atoms with Gasteiger partial charge in [-0.3, -0.25) is 0 Å². The van der Waals surface area contributed by atoms with E-state index in [0.29, 0.717) is 12.1 Å². The molecule has 0 aliphatic carbocycles. The molecule has 0 amide bonds. The van der Waals surface area contributed by atoms with Crippen molar-refractivity contribution in [2.45, 2.75) is 20.4 Å². The minimum atomic E-state index is -0.897. The lowest BCUT2D eigenvalue weighted by Crippen LogP contribution is -2.02. The van der Waals surface area contributed by atoms with Crippen molar-refractivity contribution in [3.05, 3.63) is 53.1 Å². The van der Waals surface area contributed by atoms with Crippen molar-refractivity contribution < 1.29 is 9.90 Å². The van der Waals surface area contributed by atoms with Gasteiger partial charge in [0.15, 0.2) is 0 Å². The smallest absolute Gasteiger partial charge is 0.335 e. The highest BCUT2D eigenvalue weighted by Gasteiger charge is 2.04. The van der Waals surface area contributed by atoms with E-state index in [4.69, 9.17) is 5.11 Å². The van der Waals surface area contributed by atoms with Crippen molar-refractivity contribution in [2.24, 2.45) is 0 Å². The summed E-state index contributed by atoms with van der Waals surface area (Å²) in [5, 5.41) is 8.80. The molecular formula is C13H14N2O2. The maximum atomic E-state index is 10.7. The molecule has 0 spiro atoms. The number of carbonyl (C=O) groups is 1. The van der Waals surface area contributed by atoms with Crippen molar-refractivity contribution in [1.29, 1.82) is 0 Å². The Morgan fingerprint density at radius 2 is 1.94 bits per heavy atom. The molecule has 4 heteroatoms. The van der Waals surface area contributed by atoms with E-state index in [2.05, 4.69) is 4.98 Å². The Balaban J connectivity index is 2.19. The third kappa shape index (κ3) is 2.53. The van der Waals surface area contributed by atoms with Crippen LogP contribution in [0.1, 0.15) is 27.4 Å². The average molecular weight is 230 g/mol. The minimum Gasteiger partial charge on any atom is -0.478 e. The van der Waals surface area contributed by atoms with E-state index in [1.54, 1.807) is 12.1 Å². The maximum absolute atomic E-state index is 10.7. The van der Waals surface area contributed by atoms with Gasteiger partial charge in [-0.25, -0.2) is 9.78 Å². The van der Waals surface area contributed by atoms with Gasteiger partial charge in [-0.15, -0.1) is 0 Å². The second-order valence-corrected chi connectivity index (χ2v) is 4.06. The molecule has 1 N–H and O–H groups in total. The lowest BCUT2D eigenvalue weighted by Gasteiger charge is -2.05. The Kier molecular flexibility index (Phi) is 2.95. The number of carboxylic acid groups (broad SMARTS) is 1. The number of aromatic nitrogens is 2. The van der Waals surface area contributed by atoms with Crippen LogP contribution in [0.15, 0.2) is 30.5 Å². The van der Waals surface area contributed by atoms with Crippen molar-refractivity contribution >= 4 is 5.97 Å². The van der Waals surface area contributed by atoms with Gasteiger partial charge in [0, 0.05) is 12.7 Å². The first kappa shape index (κ1) is 11.4. The molecule has 1 aromatic heterocycles. The number of carboxylic acids is 1. The number of aromatic carboxylic acids is 1. The van der Waals surface area contributed by atoms with Crippen LogP contribution >= 0.6 is 0 Å². The Bertz CT molecular complexity index is 541. The first-order valence-corrected chi connectivity index (χ1v) is 5.39. The molecule has 0 radical (unpaired) electrons. The second kappa shape index (κ2) is 4.41. The first-order valence-electron chi connectivity index (χ1n) is 5.39. The largest absolute Gasteiger partial charge is 0.478 e. The molecule has 2 aromatic rings. The minimum absolute atomic E-state index is 0.312. The topological polar surface area (TPSA) is 55.1 Å². The van der Waals surface area contributed by atoms with E-state index in [9.17, 15) is 4.79 Å². The highest BCUT2D eigenvalue weighted by Crippen LogP contribution is 2.09. The van der Waals surface area contributed by atoms with Gasteiger partial charge in [0.2, 0.25) is 0 Å². The quantitative estimate of drug-likeness (QED) is 0.879. The summed E-state index contributed by atoms with van der Waals surface area (Å²) in [6, 6.07) is 6.91. The van der Waals surface area contributed by atoms with Crippen LogP contribution in [0.2, 0.25) is 0 Å². The van der Waals surface area contributed by atoms with Crippen LogP contribution in [0, 0.1) is 13.8 Å². The summed E-state index contributed by atoms with van der Waals surface area (Å²) in [5.41, 5.74) is 2.37. The van der Waals surface area contributed by atoms with E-state index >= 15 is 0 Å². The average Bonchev–Trinajstić information content (AvgIpc) is 2.58. The molecule has 2 rings (SSSR count). The summed E-state index contributed by atoms with van der Waals surface area (Å²) in [7, 11) is 0. The lowest BCUT2D eigenvalue weighted by atomic mass is 10.1. The van der Waals surface area contributed by atoms with Crippen LogP contribution in [0.3, 0.4) is 0 Å². The molecule has 0 aliphatic heterocycles. The number of hydrogen-bond donors (Lipinski definition) is 1. The highest BCUT2D eigenvalue weighted by molar-refractivity contribution is 5.87. The molecule has 1 heterocycles. The molecule has 0 bridgehead atoms. The summed E-state index contributed by atoms with van der Waals surface area (Å²) in [4.78, 5) is 15.0. The van der Waals surface area contributed by atoms with Gasteiger partial charge in [-0.05, 0) is 31.5 Å². The molecule has 17 heavy (non-hydrogen) atoms. The molecule has 4 nitrogen and oxygen atoms in total. The molecule has 0 saturated carbocycles. The standard InChI is InChI=1S/C13H14N2O2/c1-9-7-15(10(2)14-9)8-11-3-5-12(6-4-11)13(16)17/h3-7H,8H2,1-2H3,(H,16,17). The van der Waals surface area contributed by atoms with E-state index in [1.165, 1.54) is 0 Å². The summed E-state index contributed by atoms with van der Waals surface area (Å²) in [6.45, 7) is 4.63. The van der Waals surface area contributed by atoms with Crippen molar-refractivity contribution in [3.63, 3.8) is 0 Å². The molecule has 88 valence electrons. The second-order valence-electron chi connectivity index (χ2n) is 4.06. The summed E-state index contributed by atoms with van der Waals surface area (Å²) in [5.74, 6) is 0.0658. The number of nitrogens with zero attached hydrogens (tertiary/aromatic N) is 2. The summed E-state index contributed by atoms with van der Waals surface area (Å²) >= 11 is 0. The molecule has 0 atom stereocenters. The van der Waals surface area contributed by atoms with E-state index in [1.807, 2.05) is 36.7 Å². The number of imidazole rings is 1. The lowest BCUT2D eigenvalue weighted by molar-refractivity contribution is 0.0697. The third-order valence-corrected chi connectivity index (χ3v) is 2.65. The fraction of sp³-hybridized carbons (Fsp3) is 0.231. The van der Waals surface area contributed by atoms with E-state index in [0.717, 1.165) is 17.1 Å². The molecule has 1 aromatic carbocycles. The fourth-order valence-corrected chi connectivity index (χ4v) is 1.78. The van der Waals surface area contributed by atoms with Gasteiger partial charge in [0.05, 0.1) is 11.3 Å². The van der Waals surface area contributed by atoms with Crippen LogP contribution in [-0.2, 0) is 6.54 Å². The molecule has 0 unspecified atom stereocenters. The van der Waals surface area contributed by atoms with Gasteiger partial charge in [0.25, 0.3) is 0 Å². The van der Waals surface area contributed by atoms with Crippen LogP contribution in [-0.4, -0.2) is 20.6 Å². The summed E-state index contributed by atoms with van der Waals surface area (Å²) < 4.78 is 2.05. The first-order chi connectivity index (χ1) is 8.06. The third-order valence-electron chi connectivity index (χ3n) is 2.65.